The molecular weight excluding hydrogens is 439 g/mol. The van der Waals surface area contributed by atoms with E-state index in [-0.39, 0.29) is 24.0 Å². The molecule has 0 bridgehead atoms. The van der Waals surface area contributed by atoms with Gasteiger partial charge in [-0.05, 0) is 78.6 Å². The van der Waals surface area contributed by atoms with Gasteiger partial charge in [0, 0.05) is 31.9 Å². The second-order valence-electron chi connectivity index (χ2n) is 7.23. The minimum absolute atomic E-state index is 0. The van der Waals surface area contributed by atoms with Gasteiger partial charge in [0.05, 0.1) is 5.69 Å². The Hall–Kier alpha value is -0.830. The highest BCUT2D eigenvalue weighted by molar-refractivity contribution is 14.0. The summed E-state index contributed by atoms with van der Waals surface area (Å²) >= 11 is 0. The van der Waals surface area contributed by atoms with Gasteiger partial charge in [-0.2, -0.15) is 5.10 Å². The number of aryl methyl sites for hydroxylation is 3. The molecular formula is C19H37IN6. The molecule has 1 aromatic heterocycles. The average Bonchev–Trinajstić information content (AvgIpc) is 2.91. The van der Waals surface area contributed by atoms with Crippen molar-refractivity contribution in [2.45, 2.75) is 53.0 Å². The van der Waals surface area contributed by atoms with Crippen molar-refractivity contribution >= 4 is 29.9 Å². The maximum absolute atomic E-state index is 4.70. The van der Waals surface area contributed by atoms with Crippen molar-refractivity contribution in [2.75, 3.05) is 39.8 Å². The van der Waals surface area contributed by atoms with Crippen molar-refractivity contribution in [1.29, 1.82) is 0 Å². The summed E-state index contributed by atoms with van der Waals surface area (Å²) in [6.45, 7) is 12.4. The number of rotatable bonds is 8. The summed E-state index contributed by atoms with van der Waals surface area (Å²) < 4.78 is 2.07. The normalized spacial score (nSPS) is 16.4. The maximum atomic E-state index is 4.70. The molecule has 0 atom stereocenters. The molecule has 7 heteroatoms. The zero-order chi connectivity index (χ0) is 18.1. The third-order valence-corrected chi connectivity index (χ3v) is 4.93. The van der Waals surface area contributed by atoms with Crippen LogP contribution in [0.4, 0.5) is 0 Å². The Bertz CT molecular complexity index is 534. The summed E-state index contributed by atoms with van der Waals surface area (Å²) in [5.41, 5.74) is 2.31. The number of nitrogens with zero attached hydrogens (tertiary/aromatic N) is 4. The lowest BCUT2D eigenvalue weighted by atomic mass is 9.94. The fourth-order valence-corrected chi connectivity index (χ4v) is 3.40. The lowest BCUT2D eigenvalue weighted by Crippen LogP contribution is -2.39. The maximum Gasteiger partial charge on any atom is 0.191 e. The molecule has 0 aliphatic carbocycles. The molecule has 0 unspecified atom stereocenters. The van der Waals surface area contributed by atoms with Crippen LogP contribution in [-0.4, -0.2) is 60.4 Å². The van der Waals surface area contributed by atoms with Crippen LogP contribution in [-0.2, 0) is 6.54 Å². The number of hydrogen-bond donors (Lipinski definition) is 2. The van der Waals surface area contributed by atoms with Crippen LogP contribution in [0.1, 0.15) is 44.0 Å². The van der Waals surface area contributed by atoms with E-state index in [4.69, 9.17) is 4.99 Å². The molecule has 0 amide bonds. The Balaban J connectivity index is 0.00000338. The number of guanidine groups is 1. The molecule has 0 radical (unpaired) electrons. The molecule has 1 saturated heterocycles. The van der Waals surface area contributed by atoms with Crippen molar-refractivity contribution in [3.8, 4) is 0 Å². The summed E-state index contributed by atoms with van der Waals surface area (Å²) in [7, 11) is 2.22. The Labute approximate surface area is 176 Å². The van der Waals surface area contributed by atoms with Crippen LogP contribution in [0.3, 0.4) is 0 Å². The highest BCUT2D eigenvalue weighted by atomic mass is 127. The van der Waals surface area contributed by atoms with Gasteiger partial charge in [-0.15, -0.1) is 24.0 Å². The standard InChI is InChI=1S/C19H36N6.HI/c1-5-20-19(22-11-7-18-8-13-24(4)14-9-18)21-10-6-12-25-17(3)15-16(2)23-25;/h15,18H,5-14H2,1-4H3,(H2,20,21,22);1H. The van der Waals surface area contributed by atoms with E-state index in [0.29, 0.717) is 0 Å². The Morgan fingerprint density at radius 3 is 2.62 bits per heavy atom. The monoisotopic (exact) mass is 476 g/mol. The summed E-state index contributed by atoms with van der Waals surface area (Å²) in [6, 6.07) is 2.12. The Morgan fingerprint density at radius 1 is 1.27 bits per heavy atom. The van der Waals surface area contributed by atoms with E-state index in [1.54, 1.807) is 0 Å². The molecule has 1 aliphatic heterocycles. The molecule has 150 valence electrons. The van der Waals surface area contributed by atoms with E-state index < -0.39 is 0 Å². The first-order chi connectivity index (χ1) is 12.1. The third-order valence-electron chi connectivity index (χ3n) is 4.93. The Morgan fingerprint density at radius 2 is 2.00 bits per heavy atom. The first-order valence-corrected chi connectivity index (χ1v) is 9.80. The van der Waals surface area contributed by atoms with Crippen LogP contribution < -0.4 is 10.6 Å². The number of nitrogens with one attached hydrogen (secondary N) is 2. The van der Waals surface area contributed by atoms with Crippen LogP contribution in [0, 0.1) is 19.8 Å². The van der Waals surface area contributed by atoms with E-state index in [9.17, 15) is 0 Å². The van der Waals surface area contributed by atoms with Crippen LogP contribution in [0.5, 0.6) is 0 Å². The topological polar surface area (TPSA) is 57.5 Å². The molecule has 2 rings (SSSR count). The van der Waals surface area contributed by atoms with Gasteiger partial charge >= 0.3 is 0 Å². The van der Waals surface area contributed by atoms with Gasteiger partial charge in [-0.25, -0.2) is 0 Å². The summed E-state index contributed by atoms with van der Waals surface area (Å²) in [4.78, 5) is 7.13. The molecule has 2 heterocycles. The minimum Gasteiger partial charge on any atom is -0.357 e. The molecule has 1 aromatic rings. The number of halogens is 1. The molecule has 0 aromatic carbocycles. The van der Waals surface area contributed by atoms with Crippen LogP contribution in [0.25, 0.3) is 0 Å². The van der Waals surface area contributed by atoms with Gasteiger partial charge in [-0.3, -0.25) is 9.67 Å². The highest BCUT2D eigenvalue weighted by Crippen LogP contribution is 2.18. The summed E-state index contributed by atoms with van der Waals surface area (Å²) in [5, 5.41) is 11.3. The molecule has 0 saturated carbocycles. The van der Waals surface area contributed by atoms with Crippen LogP contribution in [0.15, 0.2) is 11.1 Å². The second kappa shape index (κ2) is 12.5. The van der Waals surface area contributed by atoms with E-state index in [0.717, 1.165) is 50.2 Å². The zero-order valence-electron chi connectivity index (χ0n) is 16.9. The number of likely N-dealkylation sites (tertiary alicyclic amines) is 1. The average molecular weight is 476 g/mol. The van der Waals surface area contributed by atoms with Crippen molar-refractivity contribution < 1.29 is 0 Å². The second-order valence-corrected chi connectivity index (χ2v) is 7.23. The first-order valence-electron chi connectivity index (χ1n) is 9.80. The third kappa shape index (κ3) is 8.24. The van der Waals surface area contributed by atoms with Gasteiger partial charge < -0.3 is 15.5 Å². The molecule has 1 aliphatic rings. The lowest BCUT2D eigenvalue weighted by molar-refractivity contribution is 0.213. The number of aromatic nitrogens is 2. The Kier molecular flexibility index (Phi) is 11.2. The van der Waals surface area contributed by atoms with Crippen molar-refractivity contribution in [2.24, 2.45) is 10.9 Å². The van der Waals surface area contributed by atoms with E-state index in [1.165, 1.54) is 38.0 Å². The molecule has 0 spiro atoms. The van der Waals surface area contributed by atoms with Crippen LogP contribution in [0.2, 0.25) is 0 Å². The first kappa shape index (κ1) is 23.2. The highest BCUT2D eigenvalue weighted by Gasteiger charge is 2.16. The predicted molar refractivity (Wildman–Crippen MR) is 121 cm³/mol. The van der Waals surface area contributed by atoms with E-state index in [2.05, 4.69) is 52.3 Å². The van der Waals surface area contributed by atoms with Gasteiger partial charge in [0.1, 0.15) is 0 Å². The van der Waals surface area contributed by atoms with E-state index >= 15 is 0 Å². The fourth-order valence-electron chi connectivity index (χ4n) is 3.40. The molecule has 6 nitrogen and oxygen atoms in total. The molecule has 26 heavy (non-hydrogen) atoms. The van der Waals surface area contributed by atoms with Gasteiger partial charge in [-0.1, -0.05) is 0 Å². The van der Waals surface area contributed by atoms with Crippen molar-refractivity contribution in [3.05, 3.63) is 17.5 Å². The minimum atomic E-state index is 0. The lowest BCUT2D eigenvalue weighted by Gasteiger charge is -2.29. The molecule has 2 N–H and O–H groups in total. The number of piperidine rings is 1. The SMILES string of the molecule is CCNC(=NCCCn1nc(C)cc1C)NCCC1CCN(C)CC1.I. The van der Waals surface area contributed by atoms with Crippen LogP contribution >= 0.6 is 24.0 Å². The van der Waals surface area contributed by atoms with Gasteiger partial charge in [0.2, 0.25) is 0 Å². The van der Waals surface area contributed by atoms with Gasteiger partial charge in [0.15, 0.2) is 5.96 Å². The quantitative estimate of drug-likeness (QED) is 0.262. The zero-order valence-corrected chi connectivity index (χ0v) is 19.3. The number of hydrogen-bond acceptors (Lipinski definition) is 3. The fraction of sp³-hybridized carbons (Fsp3) is 0.789. The largest absolute Gasteiger partial charge is 0.357 e. The van der Waals surface area contributed by atoms with Crippen molar-refractivity contribution in [1.82, 2.24) is 25.3 Å². The van der Waals surface area contributed by atoms with Gasteiger partial charge in [0.25, 0.3) is 0 Å². The molecule has 1 fully saturated rings. The predicted octanol–water partition coefficient (Wildman–Crippen LogP) is 2.80. The van der Waals surface area contributed by atoms with E-state index in [1.807, 2.05) is 6.92 Å². The summed E-state index contributed by atoms with van der Waals surface area (Å²) in [6.07, 6.45) is 4.90. The van der Waals surface area contributed by atoms with Crippen molar-refractivity contribution in [3.63, 3.8) is 0 Å². The summed E-state index contributed by atoms with van der Waals surface area (Å²) in [5.74, 6) is 1.81. The number of aliphatic imine (C=N–C) groups is 1. The smallest absolute Gasteiger partial charge is 0.191 e.